The maximum absolute atomic E-state index is 14.4. The standard InChI is InChI=1S/C33H27N5O11/c39-12-19-28(42)29(43)30(44)33(49-19)36-26-16(4-2-6-18(26)41)21-23-22(20-15-3-1-5-17(40)24(15)35-25(20)27(21)36)31(45)37(32(23)46)34-11-13-7-9-14(10-8-13)38(47)48/h1-10,19,28-30,33-35,39-44H,11-12H2/t19-,28-,29+,30-,33-/m1/s1. The summed E-state index contributed by atoms with van der Waals surface area (Å²) in [6.45, 7) is -0.782. The van der Waals surface area contributed by atoms with Crippen molar-refractivity contribution in [2.45, 2.75) is 37.2 Å². The maximum atomic E-state index is 14.4. The number of para-hydroxylation sites is 2. The summed E-state index contributed by atoms with van der Waals surface area (Å²) in [5, 5.41) is 77.6. The Morgan fingerprint density at radius 1 is 0.816 bits per heavy atom. The molecule has 0 saturated carbocycles. The molecule has 0 spiro atoms. The van der Waals surface area contributed by atoms with E-state index in [0.29, 0.717) is 10.9 Å². The molecule has 2 amide bonds. The third-order valence-electron chi connectivity index (χ3n) is 9.35. The van der Waals surface area contributed by atoms with Crippen molar-refractivity contribution in [3.63, 3.8) is 0 Å². The van der Waals surface area contributed by atoms with E-state index >= 15 is 0 Å². The number of rotatable bonds is 6. The molecule has 0 radical (unpaired) electrons. The van der Waals surface area contributed by atoms with Crippen molar-refractivity contribution in [1.82, 2.24) is 20.0 Å². The summed E-state index contributed by atoms with van der Waals surface area (Å²) in [5.74, 6) is -1.97. The number of phenols is 2. The number of aromatic nitrogens is 2. The highest BCUT2D eigenvalue weighted by molar-refractivity contribution is 6.39. The number of aliphatic hydroxyl groups is 4. The van der Waals surface area contributed by atoms with E-state index in [9.17, 15) is 50.3 Å². The predicted octanol–water partition coefficient (Wildman–Crippen LogP) is 2.02. The smallest absolute Gasteiger partial charge is 0.276 e. The van der Waals surface area contributed by atoms with Crippen LogP contribution in [0.4, 0.5) is 5.69 Å². The van der Waals surface area contributed by atoms with Gasteiger partial charge < -0.3 is 44.9 Å². The van der Waals surface area contributed by atoms with Gasteiger partial charge in [-0.15, -0.1) is 0 Å². The van der Waals surface area contributed by atoms with Crippen LogP contribution < -0.4 is 5.43 Å². The number of hydrogen-bond donors (Lipinski definition) is 8. The first kappa shape index (κ1) is 30.7. The molecule has 0 bridgehead atoms. The monoisotopic (exact) mass is 669 g/mol. The number of amides is 2. The molecule has 250 valence electrons. The summed E-state index contributed by atoms with van der Waals surface area (Å²) < 4.78 is 7.30. The van der Waals surface area contributed by atoms with E-state index in [4.69, 9.17) is 4.74 Å². The molecule has 1 fully saturated rings. The van der Waals surface area contributed by atoms with Crippen molar-refractivity contribution in [3.05, 3.63) is 87.5 Å². The molecule has 0 aliphatic carbocycles. The molecule has 2 aliphatic rings. The van der Waals surface area contributed by atoms with Gasteiger partial charge in [0.1, 0.15) is 35.9 Å². The number of aliphatic hydroxyl groups excluding tert-OH is 4. The van der Waals surface area contributed by atoms with E-state index in [2.05, 4.69) is 10.4 Å². The van der Waals surface area contributed by atoms with Gasteiger partial charge in [0.05, 0.1) is 44.7 Å². The first-order valence-electron chi connectivity index (χ1n) is 15.1. The Bertz CT molecular complexity index is 2380. The number of ether oxygens (including phenoxy) is 1. The molecule has 2 aromatic heterocycles. The average Bonchev–Trinajstić information content (AvgIpc) is 3.72. The zero-order valence-electron chi connectivity index (χ0n) is 25.1. The summed E-state index contributed by atoms with van der Waals surface area (Å²) in [5.41, 5.74) is 3.81. The SMILES string of the molecule is O=C1c2c(c3c4cccc(O)c4n([C@@H]4O[C@H](CO)[C@@H](O)[C@H](O)[C@H]4O)c3c3[nH]c4c(O)cccc4c23)C(=O)N1NCc1ccc([N+](=O)[O-])cc1. The number of hydrogen-bond acceptors (Lipinski definition) is 12. The lowest BCUT2D eigenvalue weighted by Gasteiger charge is -2.41. The Morgan fingerprint density at radius 2 is 1.47 bits per heavy atom. The van der Waals surface area contributed by atoms with Gasteiger partial charge in [0, 0.05) is 40.2 Å². The van der Waals surface area contributed by atoms with Crippen molar-refractivity contribution in [2.75, 3.05) is 6.61 Å². The Labute approximate surface area is 273 Å². The van der Waals surface area contributed by atoms with Gasteiger partial charge in [-0.1, -0.05) is 36.4 Å². The van der Waals surface area contributed by atoms with E-state index < -0.39 is 54.0 Å². The van der Waals surface area contributed by atoms with Gasteiger partial charge in [-0.3, -0.25) is 19.7 Å². The van der Waals surface area contributed by atoms with E-state index in [1.54, 1.807) is 18.2 Å². The minimum atomic E-state index is -1.80. The number of nitro groups is 1. The van der Waals surface area contributed by atoms with Gasteiger partial charge in [-0.05, 0) is 17.7 Å². The fraction of sp³-hybridized carbons (Fsp3) is 0.212. The van der Waals surface area contributed by atoms with Gasteiger partial charge in [0.15, 0.2) is 6.23 Å². The Balaban J connectivity index is 1.41. The van der Waals surface area contributed by atoms with Crippen molar-refractivity contribution >= 4 is 61.1 Å². The minimum Gasteiger partial charge on any atom is -0.506 e. The first-order chi connectivity index (χ1) is 23.5. The number of phenolic OH excluding ortho intramolecular Hbond substituents is 2. The second-order valence-corrected chi connectivity index (χ2v) is 12.0. The average molecular weight is 670 g/mol. The minimum absolute atomic E-state index is 0.0169. The molecular formula is C33H27N5O11. The number of aromatic hydroxyl groups is 2. The number of imide groups is 1. The lowest BCUT2D eigenvalue weighted by Crippen LogP contribution is -2.56. The Hall–Kier alpha value is -5.62. The number of nitrogens with one attached hydrogen (secondary N) is 2. The van der Waals surface area contributed by atoms with Crippen molar-refractivity contribution < 1.29 is 49.9 Å². The van der Waals surface area contributed by atoms with E-state index in [0.717, 1.165) is 5.01 Å². The number of aromatic amines is 1. The zero-order chi connectivity index (χ0) is 34.5. The molecule has 5 atom stereocenters. The van der Waals surface area contributed by atoms with Gasteiger partial charge in [-0.25, -0.2) is 10.4 Å². The highest BCUT2D eigenvalue weighted by atomic mass is 16.6. The van der Waals surface area contributed by atoms with E-state index in [-0.39, 0.29) is 73.1 Å². The first-order valence-corrected chi connectivity index (χ1v) is 15.1. The van der Waals surface area contributed by atoms with Crippen LogP contribution in [-0.4, -0.2) is 93.0 Å². The molecule has 6 aromatic rings. The number of carbonyl (C=O) groups excluding carboxylic acids is 2. The summed E-state index contributed by atoms with van der Waals surface area (Å²) in [6.07, 6.45) is -8.11. The molecule has 16 heteroatoms. The number of carbonyl (C=O) groups is 2. The van der Waals surface area contributed by atoms with Gasteiger partial charge in [0.2, 0.25) is 0 Å². The van der Waals surface area contributed by atoms with Crippen LogP contribution >= 0.6 is 0 Å². The predicted molar refractivity (Wildman–Crippen MR) is 172 cm³/mol. The van der Waals surface area contributed by atoms with Crippen LogP contribution in [0.3, 0.4) is 0 Å². The molecule has 4 aromatic carbocycles. The number of H-pyrrole nitrogens is 1. The Morgan fingerprint density at radius 3 is 2.14 bits per heavy atom. The number of fused-ring (bicyclic) bond motifs is 10. The fourth-order valence-corrected chi connectivity index (χ4v) is 7.08. The highest BCUT2D eigenvalue weighted by Crippen LogP contribution is 2.49. The quantitative estimate of drug-likeness (QED) is 0.0721. The summed E-state index contributed by atoms with van der Waals surface area (Å²) in [6, 6.07) is 14.7. The van der Waals surface area contributed by atoms with Crippen LogP contribution in [0.2, 0.25) is 0 Å². The number of benzene rings is 4. The summed E-state index contributed by atoms with van der Waals surface area (Å²) in [7, 11) is 0. The topological polar surface area (TPSA) is 244 Å². The number of hydrazine groups is 1. The van der Waals surface area contributed by atoms with Crippen LogP contribution in [0, 0.1) is 10.1 Å². The van der Waals surface area contributed by atoms with Gasteiger partial charge in [-0.2, -0.15) is 0 Å². The molecule has 49 heavy (non-hydrogen) atoms. The lowest BCUT2D eigenvalue weighted by molar-refractivity contribution is -0.384. The molecule has 2 aliphatic heterocycles. The number of non-ortho nitro benzene ring substituents is 1. The molecule has 8 N–H and O–H groups in total. The maximum Gasteiger partial charge on any atom is 0.276 e. The van der Waals surface area contributed by atoms with Gasteiger partial charge in [0.25, 0.3) is 17.5 Å². The van der Waals surface area contributed by atoms with Crippen LogP contribution in [0.25, 0.3) is 43.6 Å². The van der Waals surface area contributed by atoms with E-state index in [1.807, 2.05) is 0 Å². The van der Waals surface area contributed by atoms with Gasteiger partial charge >= 0.3 is 0 Å². The molecule has 4 heterocycles. The normalized spacial score (nSPS) is 22.6. The third-order valence-corrected chi connectivity index (χ3v) is 9.35. The van der Waals surface area contributed by atoms with Crippen molar-refractivity contribution in [1.29, 1.82) is 0 Å². The summed E-state index contributed by atoms with van der Waals surface area (Å²) >= 11 is 0. The van der Waals surface area contributed by atoms with Crippen LogP contribution in [-0.2, 0) is 11.3 Å². The molecule has 0 unspecified atom stereocenters. The second-order valence-electron chi connectivity index (χ2n) is 12.0. The van der Waals surface area contributed by atoms with Crippen LogP contribution in [0.15, 0.2) is 60.7 Å². The zero-order valence-corrected chi connectivity index (χ0v) is 25.1. The molecule has 8 rings (SSSR count). The van der Waals surface area contributed by atoms with Crippen molar-refractivity contribution in [3.8, 4) is 11.5 Å². The number of nitro benzene ring substituents is 1. The van der Waals surface area contributed by atoms with E-state index in [1.165, 1.54) is 47.0 Å². The Kier molecular flexibility index (Phi) is 6.86. The largest absolute Gasteiger partial charge is 0.506 e. The van der Waals surface area contributed by atoms with Crippen LogP contribution in [0.1, 0.15) is 32.5 Å². The molecule has 1 saturated heterocycles. The number of nitrogens with zero attached hydrogens (tertiary/aromatic N) is 3. The second kappa shape index (κ2) is 11.0. The van der Waals surface area contributed by atoms with Crippen molar-refractivity contribution in [2.24, 2.45) is 0 Å². The fourth-order valence-electron chi connectivity index (χ4n) is 7.08. The molecule has 16 nitrogen and oxygen atoms in total. The molecular weight excluding hydrogens is 642 g/mol. The highest BCUT2D eigenvalue weighted by Gasteiger charge is 2.47. The summed E-state index contributed by atoms with van der Waals surface area (Å²) in [4.78, 5) is 42.3. The third kappa shape index (κ3) is 4.26. The lowest BCUT2D eigenvalue weighted by atomic mass is 9.96. The van der Waals surface area contributed by atoms with Crippen LogP contribution in [0.5, 0.6) is 11.5 Å².